The van der Waals surface area contributed by atoms with E-state index in [0.717, 1.165) is 42.9 Å². The number of non-ortho nitro benzene ring substituents is 1. The van der Waals surface area contributed by atoms with Gasteiger partial charge in [-0.1, -0.05) is 6.92 Å². The monoisotopic (exact) mass is 383 g/mol. The molecule has 1 atom stereocenters. The maximum absolute atomic E-state index is 11.9. The molecule has 1 fully saturated rings. The minimum atomic E-state index is -0.424. The molecular formula is C20H25N5O3. The van der Waals surface area contributed by atoms with E-state index in [1.807, 2.05) is 19.9 Å². The van der Waals surface area contributed by atoms with Crippen molar-refractivity contribution in [2.75, 3.05) is 18.0 Å². The zero-order valence-corrected chi connectivity index (χ0v) is 16.2. The maximum atomic E-state index is 11.9. The van der Waals surface area contributed by atoms with Crippen LogP contribution in [0.5, 0.6) is 0 Å². The van der Waals surface area contributed by atoms with Crippen molar-refractivity contribution in [3.8, 4) is 11.4 Å². The van der Waals surface area contributed by atoms with Gasteiger partial charge in [-0.2, -0.15) is 0 Å². The normalized spacial score (nSPS) is 16.6. The molecule has 1 N–H and O–H groups in total. The summed E-state index contributed by atoms with van der Waals surface area (Å²) < 4.78 is 0. The number of carbonyl (C=O) groups is 1. The molecule has 0 spiro atoms. The van der Waals surface area contributed by atoms with Crippen LogP contribution in [0.4, 0.5) is 11.5 Å². The molecule has 8 nitrogen and oxygen atoms in total. The number of benzene rings is 1. The molecule has 8 heteroatoms. The molecule has 28 heavy (non-hydrogen) atoms. The molecule has 0 bridgehead atoms. The average molecular weight is 383 g/mol. The van der Waals surface area contributed by atoms with E-state index < -0.39 is 4.92 Å². The number of aromatic nitrogens is 2. The van der Waals surface area contributed by atoms with E-state index in [1.54, 1.807) is 12.1 Å². The van der Waals surface area contributed by atoms with Crippen molar-refractivity contribution in [2.45, 2.75) is 45.6 Å². The molecule has 148 valence electrons. The van der Waals surface area contributed by atoms with Crippen LogP contribution in [0.1, 0.15) is 38.3 Å². The minimum absolute atomic E-state index is 0.0401. The highest BCUT2D eigenvalue weighted by Gasteiger charge is 2.23. The van der Waals surface area contributed by atoms with E-state index in [9.17, 15) is 14.9 Å². The molecule has 0 aliphatic carbocycles. The van der Waals surface area contributed by atoms with Crippen LogP contribution in [0.15, 0.2) is 30.3 Å². The third-order valence-corrected chi connectivity index (χ3v) is 4.76. The molecule has 1 amide bonds. The zero-order chi connectivity index (χ0) is 20.1. The lowest BCUT2D eigenvalue weighted by Gasteiger charge is -2.34. The highest BCUT2D eigenvalue weighted by Crippen LogP contribution is 2.24. The third-order valence-electron chi connectivity index (χ3n) is 4.76. The molecule has 2 heterocycles. The van der Waals surface area contributed by atoms with Gasteiger partial charge in [-0.25, -0.2) is 9.97 Å². The number of hydrogen-bond donors (Lipinski definition) is 1. The van der Waals surface area contributed by atoms with Gasteiger partial charge in [0.15, 0.2) is 5.82 Å². The second-order valence-corrected chi connectivity index (χ2v) is 7.10. The fourth-order valence-electron chi connectivity index (χ4n) is 3.41. The summed E-state index contributed by atoms with van der Waals surface area (Å²) in [5.74, 6) is 1.46. The summed E-state index contributed by atoms with van der Waals surface area (Å²) in [7, 11) is 0. The van der Waals surface area contributed by atoms with E-state index in [1.165, 1.54) is 12.1 Å². The topological polar surface area (TPSA) is 101 Å². The lowest BCUT2D eigenvalue weighted by atomic mass is 10.1. The van der Waals surface area contributed by atoms with Crippen LogP contribution >= 0.6 is 0 Å². The van der Waals surface area contributed by atoms with Gasteiger partial charge >= 0.3 is 0 Å². The van der Waals surface area contributed by atoms with Crippen LogP contribution in [0.2, 0.25) is 0 Å². The van der Waals surface area contributed by atoms with Crippen LogP contribution < -0.4 is 10.2 Å². The Morgan fingerprint density at radius 2 is 2.07 bits per heavy atom. The van der Waals surface area contributed by atoms with E-state index in [0.29, 0.717) is 18.8 Å². The van der Waals surface area contributed by atoms with Crippen LogP contribution in [0.25, 0.3) is 11.4 Å². The average Bonchev–Trinajstić information content (AvgIpc) is 2.68. The maximum Gasteiger partial charge on any atom is 0.269 e. The molecule has 3 rings (SSSR count). The number of piperidine rings is 1. The first-order valence-electron chi connectivity index (χ1n) is 9.61. The summed E-state index contributed by atoms with van der Waals surface area (Å²) in [6, 6.07) is 8.31. The number of amides is 1. The van der Waals surface area contributed by atoms with Gasteiger partial charge in [-0.15, -0.1) is 0 Å². The summed E-state index contributed by atoms with van der Waals surface area (Å²) in [6.45, 7) is 5.49. The van der Waals surface area contributed by atoms with E-state index >= 15 is 0 Å². The first-order chi connectivity index (χ1) is 13.5. The number of carbonyl (C=O) groups excluding carboxylic acids is 1. The Morgan fingerprint density at radius 1 is 1.32 bits per heavy atom. The standard InChI is InChI=1S/C20H25N5O3/c1-3-5-19(26)22-16-6-4-11-24(13-16)18-12-14(2)21-20(23-18)15-7-9-17(10-8-15)25(27)28/h7-10,12,16H,3-6,11,13H2,1-2H3,(H,22,26). The molecule has 1 aromatic heterocycles. The van der Waals surface area contributed by atoms with Crippen LogP contribution in [0, 0.1) is 17.0 Å². The Labute approximate surface area is 164 Å². The van der Waals surface area contributed by atoms with Crippen LogP contribution in [-0.4, -0.2) is 39.9 Å². The lowest BCUT2D eigenvalue weighted by Crippen LogP contribution is -2.48. The smallest absolute Gasteiger partial charge is 0.269 e. The van der Waals surface area contributed by atoms with Gasteiger partial charge in [-0.3, -0.25) is 14.9 Å². The van der Waals surface area contributed by atoms with Gasteiger partial charge in [0.25, 0.3) is 5.69 Å². The molecular weight excluding hydrogens is 358 g/mol. The molecule has 1 saturated heterocycles. The SMILES string of the molecule is CCCC(=O)NC1CCCN(c2cc(C)nc(-c3ccc([N+](=O)[O-])cc3)n2)C1. The lowest BCUT2D eigenvalue weighted by molar-refractivity contribution is -0.384. The van der Waals surface area contributed by atoms with Gasteiger partial charge in [0.05, 0.1) is 4.92 Å². The van der Waals surface area contributed by atoms with Crippen molar-refractivity contribution < 1.29 is 9.72 Å². The van der Waals surface area contributed by atoms with Gasteiger partial charge in [-0.05, 0) is 38.3 Å². The fourth-order valence-corrected chi connectivity index (χ4v) is 3.41. The number of hydrogen-bond acceptors (Lipinski definition) is 6. The molecule has 0 saturated carbocycles. The third kappa shape index (κ3) is 4.82. The first kappa shape index (κ1) is 19.7. The molecule has 0 radical (unpaired) electrons. The van der Waals surface area contributed by atoms with Gasteiger partial charge in [0.2, 0.25) is 5.91 Å². The zero-order valence-electron chi connectivity index (χ0n) is 16.2. The second kappa shape index (κ2) is 8.77. The Kier molecular flexibility index (Phi) is 6.18. The van der Waals surface area contributed by atoms with E-state index in [2.05, 4.69) is 20.2 Å². The molecule has 1 unspecified atom stereocenters. The second-order valence-electron chi connectivity index (χ2n) is 7.10. The quantitative estimate of drug-likeness (QED) is 0.607. The van der Waals surface area contributed by atoms with Crippen LogP contribution in [0.3, 0.4) is 0 Å². The van der Waals surface area contributed by atoms with Crippen molar-refractivity contribution >= 4 is 17.4 Å². The summed E-state index contributed by atoms with van der Waals surface area (Å²) in [5, 5.41) is 14.0. The highest BCUT2D eigenvalue weighted by atomic mass is 16.6. The molecule has 2 aromatic rings. The van der Waals surface area contributed by atoms with Crippen molar-refractivity contribution in [1.82, 2.24) is 15.3 Å². The first-order valence-corrected chi connectivity index (χ1v) is 9.61. The molecule has 1 aliphatic rings. The summed E-state index contributed by atoms with van der Waals surface area (Å²) in [5.41, 5.74) is 1.61. The predicted molar refractivity (Wildman–Crippen MR) is 107 cm³/mol. The van der Waals surface area contributed by atoms with Crippen molar-refractivity contribution in [1.29, 1.82) is 0 Å². The van der Waals surface area contributed by atoms with Gasteiger partial charge in [0.1, 0.15) is 5.82 Å². The molecule has 1 aliphatic heterocycles. The van der Waals surface area contributed by atoms with Gasteiger partial charge in [0, 0.05) is 55.0 Å². The number of rotatable bonds is 6. The highest BCUT2D eigenvalue weighted by molar-refractivity contribution is 5.76. The van der Waals surface area contributed by atoms with Crippen LogP contribution in [-0.2, 0) is 4.79 Å². The summed E-state index contributed by atoms with van der Waals surface area (Å²) in [4.78, 5) is 33.7. The Balaban J connectivity index is 1.78. The van der Waals surface area contributed by atoms with Crippen molar-refractivity contribution in [3.05, 3.63) is 46.1 Å². The van der Waals surface area contributed by atoms with E-state index in [-0.39, 0.29) is 17.6 Å². The Hall–Kier alpha value is -3.03. The number of nitro groups is 1. The summed E-state index contributed by atoms with van der Waals surface area (Å²) >= 11 is 0. The number of aryl methyl sites for hydroxylation is 1. The minimum Gasteiger partial charge on any atom is -0.354 e. The number of nitrogens with zero attached hydrogens (tertiary/aromatic N) is 4. The Bertz CT molecular complexity index is 853. The predicted octanol–water partition coefficient (Wildman–Crippen LogP) is 3.25. The van der Waals surface area contributed by atoms with Gasteiger partial charge < -0.3 is 10.2 Å². The fraction of sp³-hybridized carbons (Fsp3) is 0.450. The number of nitrogens with one attached hydrogen (secondary N) is 1. The van der Waals surface area contributed by atoms with Crippen molar-refractivity contribution in [3.63, 3.8) is 0 Å². The number of anilines is 1. The summed E-state index contributed by atoms with van der Waals surface area (Å²) in [6.07, 6.45) is 3.33. The molecule has 1 aromatic carbocycles. The van der Waals surface area contributed by atoms with E-state index in [4.69, 9.17) is 0 Å². The van der Waals surface area contributed by atoms with Crippen molar-refractivity contribution in [2.24, 2.45) is 0 Å². The number of nitro benzene ring substituents is 1. The Morgan fingerprint density at radius 3 is 2.75 bits per heavy atom. The largest absolute Gasteiger partial charge is 0.354 e.